The van der Waals surface area contributed by atoms with E-state index in [1.807, 2.05) is 78.9 Å². The topological polar surface area (TPSA) is 16.4 Å². The number of fused-ring (bicyclic) bond motifs is 5. The summed E-state index contributed by atoms with van der Waals surface area (Å²) in [7, 11) is 0. The smallest absolute Gasteiger partial charge is 0.143 e. The Bertz CT molecular complexity index is 3510. The predicted molar refractivity (Wildman–Crippen MR) is 228 cm³/mol. The van der Waals surface area contributed by atoms with E-state index in [4.69, 9.17) is 18.1 Å². The van der Waals surface area contributed by atoms with Gasteiger partial charge in [-0.25, -0.2) is 0 Å². The normalized spacial score (nSPS) is 14.7. The van der Waals surface area contributed by atoms with Crippen molar-refractivity contribution in [3.05, 3.63) is 212 Å². The molecule has 0 aliphatic heterocycles. The fourth-order valence-corrected chi connectivity index (χ4v) is 7.06. The maximum atomic E-state index is 9.85. The molecule has 0 spiro atoms. The summed E-state index contributed by atoms with van der Waals surface area (Å²) in [5, 5.41) is 2.61. The molecular formula is C52H35NO. The number of anilines is 3. The Hall–Kier alpha value is -7.16. The second-order valence-electron chi connectivity index (χ2n) is 12.7. The van der Waals surface area contributed by atoms with Gasteiger partial charge >= 0.3 is 0 Å². The molecule has 0 aliphatic carbocycles. The molecule has 0 bridgehead atoms. The lowest BCUT2D eigenvalue weighted by molar-refractivity contribution is 0.673. The Morgan fingerprint density at radius 2 is 0.963 bits per heavy atom. The van der Waals surface area contributed by atoms with Crippen LogP contribution in [0.2, 0.25) is 0 Å². The average Bonchev–Trinajstić information content (AvgIpc) is 3.74. The van der Waals surface area contributed by atoms with Crippen LogP contribution in [0.3, 0.4) is 0 Å². The largest absolute Gasteiger partial charge is 0.455 e. The van der Waals surface area contributed by atoms with Crippen molar-refractivity contribution in [1.29, 1.82) is 0 Å². The third-order valence-electron chi connectivity index (χ3n) is 9.49. The van der Waals surface area contributed by atoms with Crippen LogP contribution in [0.4, 0.5) is 17.1 Å². The van der Waals surface area contributed by atoms with Gasteiger partial charge in [0.05, 0.1) is 23.5 Å². The first-order chi connectivity index (χ1) is 32.2. The van der Waals surface area contributed by atoms with Crippen molar-refractivity contribution in [3.63, 3.8) is 0 Å². The fraction of sp³-hybridized carbons (Fsp3) is 0. The molecule has 1 heterocycles. The van der Waals surface area contributed by atoms with Crippen LogP contribution in [0.25, 0.3) is 77.2 Å². The van der Waals surface area contributed by atoms with E-state index in [1.165, 1.54) is 0 Å². The maximum Gasteiger partial charge on any atom is 0.143 e. The zero-order valence-electron chi connectivity index (χ0n) is 41.6. The minimum Gasteiger partial charge on any atom is -0.455 e. The van der Waals surface area contributed by atoms with Gasteiger partial charge in [-0.2, -0.15) is 0 Å². The quantitative estimate of drug-likeness (QED) is 0.164. The molecule has 10 aromatic rings. The van der Waals surface area contributed by atoms with Crippen molar-refractivity contribution in [2.24, 2.45) is 0 Å². The molecule has 0 saturated carbocycles. The molecule has 0 amide bonds. The van der Waals surface area contributed by atoms with E-state index in [2.05, 4.69) is 41.3 Å². The first-order valence-corrected chi connectivity index (χ1v) is 17.4. The van der Waals surface area contributed by atoms with Gasteiger partial charge in [0.1, 0.15) is 11.2 Å². The summed E-state index contributed by atoms with van der Waals surface area (Å²) in [6.45, 7) is 0. The van der Waals surface area contributed by atoms with Gasteiger partial charge < -0.3 is 9.32 Å². The van der Waals surface area contributed by atoms with Crippen molar-refractivity contribution in [2.75, 3.05) is 4.90 Å². The Morgan fingerprint density at radius 1 is 0.407 bits per heavy atom. The maximum absolute atomic E-state index is 9.85. The minimum atomic E-state index is -0.726. The highest BCUT2D eigenvalue weighted by molar-refractivity contribution is 6.22. The number of hydrogen-bond donors (Lipinski definition) is 0. The van der Waals surface area contributed by atoms with Crippen LogP contribution in [0.5, 0.6) is 0 Å². The molecule has 9 aromatic carbocycles. The number of nitrogens with zero attached hydrogens (tertiary/aromatic N) is 1. The molecule has 0 fully saturated rings. The van der Waals surface area contributed by atoms with Gasteiger partial charge in [0.15, 0.2) is 0 Å². The predicted octanol–water partition coefficient (Wildman–Crippen LogP) is 14.9. The van der Waals surface area contributed by atoms with Gasteiger partial charge in [0.2, 0.25) is 0 Å². The van der Waals surface area contributed by atoms with E-state index in [0.717, 1.165) is 39.0 Å². The highest BCUT2D eigenvalue weighted by Crippen LogP contribution is 2.47. The third kappa shape index (κ3) is 5.62. The summed E-state index contributed by atoms with van der Waals surface area (Å²) in [6, 6.07) is 34.0. The minimum absolute atomic E-state index is 0.181. The Morgan fingerprint density at radius 3 is 1.63 bits per heavy atom. The zero-order chi connectivity index (χ0) is 47.2. The Kier molecular flexibility index (Phi) is 5.17. The van der Waals surface area contributed by atoms with Gasteiger partial charge in [-0.15, -0.1) is 0 Å². The molecule has 0 radical (unpaired) electrons. The fourth-order valence-electron chi connectivity index (χ4n) is 7.06. The van der Waals surface area contributed by atoms with Crippen LogP contribution in [-0.2, 0) is 0 Å². The van der Waals surface area contributed by atoms with E-state index >= 15 is 0 Å². The monoisotopic (exact) mass is 702 g/mol. The third-order valence-corrected chi connectivity index (χ3v) is 9.49. The van der Waals surface area contributed by atoms with Crippen LogP contribution < -0.4 is 4.90 Å². The van der Waals surface area contributed by atoms with E-state index in [0.29, 0.717) is 21.9 Å². The highest BCUT2D eigenvalue weighted by Gasteiger charge is 2.22. The molecule has 2 nitrogen and oxygen atoms in total. The van der Waals surface area contributed by atoms with E-state index in [-0.39, 0.29) is 11.1 Å². The molecule has 0 unspecified atom stereocenters. The lowest BCUT2D eigenvalue weighted by Gasteiger charge is -2.27. The standard InChI is InChI=1S/C52H35NO/c1-5-16-36(17-6-1)39-28-30-44(31-29-39)53(43-22-11-4-12-23-43)49-35-48-51-45(26-15-27-50(51)54-52(48)47-25-14-13-24-46(47)49)42-33-40(37-18-7-2-8-19-37)32-41(34-42)38-20-9-3-10-21-38/h1-35H/i2D,3D,7D,8D,9D,10D,18D,19D,20D,21D,32D,33D,34D. The van der Waals surface area contributed by atoms with Crippen LogP contribution in [0.15, 0.2) is 216 Å². The van der Waals surface area contributed by atoms with Gasteiger partial charge in [0.25, 0.3) is 0 Å². The summed E-state index contributed by atoms with van der Waals surface area (Å²) < 4.78 is 122. The first-order valence-electron chi connectivity index (χ1n) is 23.9. The second-order valence-corrected chi connectivity index (χ2v) is 12.7. The number of rotatable bonds is 7. The molecule has 10 rings (SSSR count). The summed E-state index contributed by atoms with van der Waals surface area (Å²) >= 11 is 0. The van der Waals surface area contributed by atoms with Crippen LogP contribution in [-0.4, -0.2) is 0 Å². The van der Waals surface area contributed by atoms with Crippen molar-refractivity contribution >= 4 is 49.8 Å². The Labute approximate surface area is 333 Å². The van der Waals surface area contributed by atoms with Crippen molar-refractivity contribution in [1.82, 2.24) is 0 Å². The van der Waals surface area contributed by atoms with E-state index in [9.17, 15) is 4.11 Å². The summed E-state index contributed by atoms with van der Waals surface area (Å²) in [6.07, 6.45) is 0. The molecule has 1 aromatic heterocycles. The SMILES string of the molecule is [2H]c1c([2H])c([2H])c(-c2c([2H])c(-c3c([2H])c([2H])c([2H])c([2H])c3[2H])c([2H])c(-c3cccc4oc5c6ccccc6c(N(c6ccccc6)c6ccc(-c7ccccc7)cc6)cc5c34)c2[2H])c([2H])c1[2H]. The molecule has 54 heavy (non-hydrogen) atoms. The molecule has 0 aliphatic rings. The number of furan rings is 1. The van der Waals surface area contributed by atoms with E-state index < -0.39 is 101 Å². The molecule has 2 heteroatoms. The zero-order valence-corrected chi connectivity index (χ0v) is 28.6. The van der Waals surface area contributed by atoms with E-state index in [1.54, 1.807) is 18.2 Å². The van der Waals surface area contributed by atoms with Gasteiger partial charge in [0, 0.05) is 32.9 Å². The van der Waals surface area contributed by atoms with Gasteiger partial charge in [-0.1, -0.05) is 157 Å². The lowest BCUT2D eigenvalue weighted by Crippen LogP contribution is -2.10. The average molecular weight is 703 g/mol. The molecule has 0 N–H and O–H groups in total. The van der Waals surface area contributed by atoms with Crippen molar-refractivity contribution in [2.45, 2.75) is 0 Å². The number of hydrogen-bond acceptors (Lipinski definition) is 2. The van der Waals surface area contributed by atoms with Gasteiger partial charge in [-0.3, -0.25) is 0 Å². The van der Waals surface area contributed by atoms with Crippen LogP contribution in [0, 0.1) is 0 Å². The lowest BCUT2D eigenvalue weighted by atomic mass is 9.91. The molecule has 0 saturated heterocycles. The first kappa shape index (κ1) is 20.8. The van der Waals surface area contributed by atoms with Crippen molar-refractivity contribution in [3.8, 4) is 44.5 Å². The summed E-state index contributed by atoms with van der Waals surface area (Å²) in [5.41, 5.74) is 3.48. The Balaban J connectivity index is 1.32. The number of para-hydroxylation sites is 1. The molecule has 0 atom stereocenters. The molecule has 254 valence electrons. The highest BCUT2D eigenvalue weighted by atomic mass is 16.3. The summed E-state index contributed by atoms with van der Waals surface area (Å²) in [4.78, 5) is 2.13. The van der Waals surface area contributed by atoms with Crippen molar-refractivity contribution < 1.29 is 22.2 Å². The van der Waals surface area contributed by atoms with Gasteiger partial charge in [-0.05, 0) is 99.0 Å². The molecular weight excluding hydrogens is 655 g/mol. The van der Waals surface area contributed by atoms with Crippen LogP contribution >= 0.6 is 0 Å². The summed E-state index contributed by atoms with van der Waals surface area (Å²) in [5.74, 6) is 0. The van der Waals surface area contributed by atoms with Crippen LogP contribution in [0.1, 0.15) is 17.8 Å². The second kappa shape index (κ2) is 13.4. The number of benzene rings is 9.